The van der Waals surface area contributed by atoms with Crippen molar-refractivity contribution in [2.45, 2.75) is 167 Å². The number of rotatable bonds is 24. The van der Waals surface area contributed by atoms with E-state index in [4.69, 9.17) is 9.47 Å². The molecule has 0 bridgehead atoms. The van der Waals surface area contributed by atoms with Crippen LogP contribution in [0.1, 0.15) is 149 Å². The Morgan fingerprint density at radius 2 is 1.39 bits per heavy atom. The lowest BCUT2D eigenvalue weighted by atomic mass is 9.84. The van der Waals surface area contributed by atoms with E-state index in [9.17, 15) is 15.0 Å². The van der Waals surface area contributed by atoms with Gasteiger partial charge in [0.25, 0.3) is 0 Å². The SMILES string of the molecule is CCCCCCCCCCOC(=O)CCCCCC[C@@H]1[C@@H](CCC(O)CCCCC)[C@H](OC)C[C@@H]1O. The summed E-state index contributed by atoms with van der Waals surface area (Å²) in [6, 6.07) is 0. The molecule has 1 saturated carbocycles. The Morgan fingerprint density at radius 1 is 0.778 bits per heavy atom. The molecule has 5 atom stereocenters. The third-order valence-electron chi connectivity index (χ3n) is 8.20. The van der Waals surface area contributed by atoms with Crippen LogP contribution in [0.15, 0.2) is 0 Å². The summed E-state index contributed by atoms with van der Waals surface area (Å²) in [7, 11) is 1.75. The third-order valence-corrected chi connectivity index (χ3v) is 8.20. The van der Waals surface area contributed by atoms with Crippen molar-refractivity contribution in [3.8, 4) is 0 Å². The van der Waals surface area contributed by atoms with Crippen molar-refractivity contribution in [1.82, 2.24) is 0 Å². The van der Waals surface area contributed by atoms with Gasteiger partial charge in [-0.05, 0) is 50.4 Å². The van der Waals surface area contributed by atoms with Gasteiger partial charge in [-0.3, -0.25) is 4.79 Å². The first kappa shape index (κ1) is 33.4. The molecule has 1 unspecified atom stereocenters. The van der Waals surface area contributed by atoms with Gasteiger partial charge in [0.2, 0.25) is 0 Å². The Morgan fingerprint density at radius 3 is 2.08 bits per heavy atom. The van der Waals surface area contributed by atoms with Crippen molar-refractivity contribution >= 4 is 5.97 Å². The van der Waals surface area contributed by atoms with Crippen LogP contribution in [0.5, 0.6) is 0 Å². The fraction of sp³-hybridized carbons (Fsp3) is 0.968. The van der Waals surface area contributed by atoms with Crippen LogP contribution in [0.4, 0.5) is 0 Å². The van der Waals surface area contributed by atoms with Crippen LogP contribution < -0.4 is 0 Å². The summed E-state index contributed by atoms with van der Waals surface area (Å²) in [5.41, 5.74) is 0. The molecule has 5 heteroatoms. The van der Waals surface area contributed by atoms with Gasteiger partial charge in [-0.25, -0.2) is 0 Å². The van der Waals surface area contributed by atoms with Crippen molar-refractivity contribution in [2.24, 2.45) is 11.8 Å². The van der Waals surface area contributed by atoms with Gasteiger partial charge in [-0.15, -0.1) is 0 Å². The van der Waals surface area contributed by atoms with E-state index in [1.807, 2.05) is 0 Å². The van der Waals surface area contributed by atoms with E-state index < -0.39 is 0 Å². The average molecular weight is 513 g/mol. The molecule has 0 aliphatic heterocycles. The van der Waals surface area contributed by atoms with Crippen molar-refractivity contribution in [3.05, 3.63) is 0 Å². The highest BCUT2D eigenvalue weighted by atomic mass is 16.5. The Labute approximate surface area is 223 Å². The van der Waals surface area contributed by atoms with E-state index in [2.05, 4.69) is 13.8 Å². The molecule has 214 valence electrons. The molecule has 1 aliphatic carbocycles. The molecule has 2 N–H and O–H groups in total. The smallest absolute Gasteiger partial charge is 0.305 e. The highest BCUT2D eigenvalue weighted by Crippen LogP contribution is 2.40. The Kier molecular flexibility index (Phi) is 20.7. The topological polar surface area (TPSA) is 76.0 Å². The summed E-state index contributed by atoms with van der Waals surface area (Å²) in [6.07, 6.45) is 22.0. The number of hydrogen-bond acceptors (Lipinski definition) is 5. The summed E-state index contributed by atoms with van der Waals surface area (Å²) in [5, 5.41) is 21.0. The number of carbonyl (C=O) groups is 1. The molecule has 0 aromatic carbocycles. The quantitative estimate of drug-likeness (QED) is 0.102. The maximum absolute atomic E-state index is 12.0. The predicted molar refractivity (Wildman–Crippen MR) is 149 cm³/mol. The lowest BCUT2D eigenvalue weighted by Crippen LogP contribution is -2.25. The lowest BCUT2D eigenvalue weighted by Gasteiger charge is -2.26. The largest absolute Gasteiger partial charge is 0.466 e. The molecule has 0 saturated heterocycles. The summed E-state index contributed by atoms with van der Waals surface area (Å²) in [6.45, 7) is 5.00. The van der Waals surface area contributed by atoms with E-state index in [0.717, 1.165) is 70.6 Å². The molecule has 0 aromatic heterocycles. The zero-order valence-corrected chi connectivity index (χ0v) is 24.1. The second-order valence-corrected chi connectivity index (χ2v) is 11.3. The van der Waals surface area contributed by atoms with E-state index in [0.29, 0.717) is 25.4 Å². The maximum Gasteiger partial charge on any atom is 0.305 e. The summed E-state index contributed by atoms with van der Waals surface area (Å²) in [5.74, 6) is 0.538. The zero-order chi connectivity index (χ0) is 26.4. The Balaban J connectivity index is 2.12. The van der Waals surface area contributed by atoms with Crippen LogP contribution in [0.2, 0.25) is 0 Å². The summed E-state index contributed by atoms with van der Waals surface area (Å²) in [4.78, 5) is 12.0. The van der Waals surface area contributed by atoms with Crippen LogP contribution in [-0.2, 0) is 14.3 Å². The second kappa shape index (κ2) is 22.3. The molecule has 36 heavy (non-hydrogen) atoms. The van der Waals surface area contributed by atoms with Crippen LogP contribution in [0.3, 0.4) is 0 Å². The van der Waals surface area contributed by atoms with E-state index in [-0.39, 0.29) is 30.2 Å². The molecule has 0 spiro atoms. The molecule has 0 amide bonds. The monoisotopic (exact) mass is 512 g/mol. The van der Waals surface area contributed by atoms with Gasteiger partial charge < -0.3 is 19.7 Å². The van der Waals surface area contributed by atoms with E-state index >= 15 is 0 Å². The second-order valence-electron chi connectivity index (χ2n) is 11.3. The third kappa shape index (κ3) is 15.6. The normalized spacial score (nSPS) is 22.7. The molecule has 5 nitrogen and oxygen atoms in total. The standard InChI is InChI=1S/C31H60O5/c1-4-6-8-9-10-11-14-18-24-36-31(34)21-17-13-12-16-20-27-28(30(35-3)25-29(27)33)23-22-26(32)19-15-7-5-2/h26-30,32-33H,4-25H2,1-3H3/t26?,27-,28-,29+,30-/m1/s1. The Hall–Kier alpha value is -0.650. The van der Waals surface area contributed by atoms with Gasteiger partial charge in [-0.1, -0.05) is 97.3 Å². The minimum absolute atomic E-state index is 0.0512. The minimum atomic E-state index is -0.302. The van der Waals surface area contributed by atoms with Crippen molar-refractivity contribution in [3.63, 3.8) is 0 Å². The molecule has 0 heterocycles. The number of esters is 1. The maximum atomic E-state index is 12.0. The van der Waals surface area contributed by atoms with Crippen molar-refractivity contribution in [2.75, 3.05) is 13.7 Å². The van der Waals surface area contributed by atoms with Gasteiger partial charge in [0.15, 0.2) is 0 Å². The van der Waals surface area contributed by atoms with Crippen LogP contribution in [-0.4, -0.2) is 48.2 Å². The van der Waals surface area contributed by atoms with Gasteiger partial charge in [0.05, 0.1) is 24.9 Å². The first-order chi connectivity index (χ1) is 17.5. The first-order valence-corrected chi connectivity index (χ1v) is 15.6. The van der Waals surface area contributed by atoms with Crippen molar-refractivity contribution in [1.29, 1.82) is 0 Å². The summed E-state index contributed by atoms with van der Waals surface area (Å²) < 4.78 is 11.1. The average Bonchev–Trinajstić information content (AvgIpc) is 3.18. The van der Waals surface area contributed by atoms with Gasteiger partial charge >= 0.3 is 5.97 Å². The number of carbonyl (C=O) groups excluding carboxylic acids is 1. The molecule has 1 aliphatic rings. The molecule has 0 radical (unpaired) electrons. The lowest BCUT2D eigenvalue weighted by molar-refractivity contribution is -0.143. The summed E-state index contributed by atoms with van der Waals surface area (Å²) >= 11 is 0. The predicted octanol–water partition coefficient (Wildman–Crippen LogP) is 7.74. The molecule has 0 aromatic rings. The number of hydrogen-bond donors (Lipinski definition) is 2. The molecule has 1 rings (SSSR count). The van der Waals surface area contributed by atoms with Crippen molar-refractivity contribution < 1.29 is 24.5 Å². The molecular weight excluding hydrogens is 452 g/mol. The minimum Gasteiger partial charge on any atom is -0.466 e. The zero-order valence-electron chi connectivity index (χ0n) is 24.1. The van der Waals surface area contributed by atoms with Crippen LogP contribution in [0.25, 0.3) is 0 Å². The number of aliphatic hydroxyl groups is 2. The first-order valence-electron chi connectivity index (χ1n) is 15.6. The number of ether oxygens (including phenoxy) is 2. The molecular formula is C31H60O5. The number of methoxy groups -OCH3 is 1. The Bertz CT molecular complexity index is 511. The number of unbranched alkanes of at least 4 members (excludes halogenated alkanes) is 12. The van der Waals surface area contributed by atoms with Gasteiger partial charge in [-0.2, -0.15) is 0 Å². The van der Waals surface area contributed by atoms with E-state index in [1.165, 1.54) is 51.4 Å². The highest BCUT2D eigenvalue weighted by molar-refractivity contribution is 5.69. The number of aliphatic hydroxyl groups excluding tert-OH is 2. The highest BCUT2D eigenvalue weighted by Gasteiger charge is 2.41. The van der Waals surface area contributed by atoms with E-state index in [1.54, 1.807) is 7.11 Å². The van der Waals surface area contributed by atoms with Crippen LogP contribution >= 0.6 is 0 Å². The fourth-order valence-electron chi connectivity index (χ4n) is 5.88. The van der Waals surface area contributed by atoms with Gasteiger partial charge in [0.1, 0.15) is 0 Å². The van der Waals surface area contributed by atoms with Gasteiger partial charge in [0, 0.05) is 20.0 Å². The van der Waals surface area contributed by atoms with Crippen LogP contribution in [0, 0.1) is 11.8 Å². The fourth-order valence-corrected chi connectivity index (χ4v) is 5.88. The molecule has 1 fully saturated rings.